The number of amidine groups is 2. The molecular weight excluding hydrogens is 180 g/mol. The zero-order valence-electron chi connectivity index (χ0n) is 5.91. The number of aliphatic imine (C=N–C) groups is 1. The van der Waals surface area contributed by atoms with Gasteiger partial charge in [0, 0.05) is 11.5 Å². The first-order valence-electron chi connectivity index (χ1n) is 3.11. The third-order valence-electron chi connectivity index (χ3n) is 1.16. The molecule has 5 N–H and O–H groups in total. The standard InChI is InChI=1S/C5H10N4S2/c6-4(7)10-1-3-2-11-5(8)9-3/h3H,1-2H2,(H3,6,7)(H2,8,9). The maximum atomic E-state index is 6.96. The number of nitrogens with two attached hydrogens (primary N) is 2. The van der Waals surface area contributed by atoms with Gasteiger partial charge in [0.1, 0.15) is 0 Å². The lowest BCUT2D eigenvalue weighted by Gasteiger charge is -2.02. The number of hydrogen-bond donors (Lipinski definition) is 3. The fourth-order valence-electron chi connectivity index (χ4n) is 0.707. The molecule has 62 valence electrons. The Hall–Kier alpha value is -0.360. The molecule has 0 amide bonds. The summed E-state index contributed by atoms with van der Waals surface area (Å²) in [6.07, 6.45) is 0. The van der Waals surface area contributed by atoms with Crippen molar-refractivity contribution in [3.63, 3.8) is 0 Å². The second-order valence-corrected chi connectivity index (χ2v) is 4.21. The Kier molecular flexibility index (Phi) is 3.07. The molecule has 0 aromatic heterocycles. The van der Waals surface area contributed by atoms with Crippen LogP contribution in [0.25, 0.3) is 0 Å². The van der Waals surface area contributed by atoms with E-state index in [1.165, 1.54) is 11.8 Å². The molecule has 0 bridgehead atoms. The average molecular weight is 190 g/mol. The van der Waals surface area contributed by atoms with Gasteiger partial charge in [-0.3, -0.25) is 10.4 Å². The smallest absolute Gasteiger partial charge is 0.154 e. The van der Waals surface area contributed by atoms with E-state index in [9.17, 15) is 0 Å². The van der Waals surface area contributed by atoms with Crippen LogP contribution in [-0.4, -0.2) is 27.9 Å². The summed E-state index contributed by atoms with van der Waals surface area (Å²) in [5.74, 6) is 1.69. The molecule has 1 aliphatic rings. The molecule has 0 aliphatic carbocycles. The van der Waals surface area contributed by atoms with Crippen molar-refractivity contribution in [3.8, 4) is 0 Å². The number of thioether (sulfide) groups is 2. The fraction of sp³-hybridized carbons (Fsp3) is 0.600. The van der Waals surface area contributed by atoms with Gasteiger partial charge in [0.25, 0.3) is 0 Å². The van der Waals surface area contributed by atoms with Gasteiger partial charge in [-0.05, 0) is 0 Å². The van der Waals surface area contributed by atoms with Crippen LogP contribution in [0.2, 0.25) is 0 Å². The van der Waals surface area contributed by atoms with Crippen molar-refractivity contribution in [2.24, 2.45) is 16.5 Å². The van der Waals surface area contributed by atoms with Crippen LogP contribution in [0.15, 0.2) is 4.99 Å². The van der Waals surface area contributed by atoms with Crippen LogP contribution in [0, 0.1) is 5.41 Å². The molecule has 4 nitrogen and oxygen atoms in total. The monoisotopic (exact) mass is 190 g/mol. The predicted octanol–water partition coefficient (Wildman–Crippen LogP) is 0.0432. The van der Waals surface area contributed by atoms with Crippen LogP contribution in [0.5, 0.6) is 0 Å². The molecule has 1 aliphatic heterocycles. The van der Waals surface area contributed by atoms with E-state index >= 15 is 0 Å². The normalized spacial score (nSPS) is 23.3. The van der Waals surface area contributed by atoms with Crippen LogP contribution in [0.4, 0.5) is 0 Å². The number of hydrogen-bond acceptors (Lipinski definition) is 5. The van der Waals surface area contributed by atoms with Crippen LogP contribution in [-0.2, 0) is 0 Å². The van der Waals surface area contributed by atoms with Crippen molar-refractivity contribution >= 4 is 33.9 Å². The van der Waals surface area contributed by atoms with Crippen molar-refractivity contribution in [3.05, 3.63) is 0 Å². The van der Waals surface area contributed by atoms with E-state index in [0.717, 1.165) is 11.5 Å². The molecule has 0 radical (unpaired) electrons. The van der Waals surface area contributed by atoms with E-state index in [2.05, 4.69) is 4.99 Å². The minimum Gasteiger partial charge on any atom is -0.379 e. The Morgan fingerprint density at radius 2 is 2.64 bits per heavy atom. The molecule has 0 aromatic rings. The molecule has 1 rings (SSSR count). The lowest BCUT2D eigenvalue weighted by Crippen LogP contribution is -2.13. The Labute approximate surface area is 73.7 Å². The van der Waals surface area contributed by atoms with Gasteiger partial charge in [-0.15, -0.1) is 0 Å². The topological polar surface area (TPSA) is 88.2 Å². The van der Waals surface area contributed by atoms with Crippen LogP contribution < -0.4 is 11.5 Å². The van der Waals surface area contributed by atoms with Gasteiger partial charge < -0.3 is 11.5 Å². The highest BCUT2D eigenvalue weighted by Crippen LogP contribution is 2.18. The molecule has 0 saturated heterocycles. The highest BCUT2D eigenvalue weighted by Gasteiger charge is 2.15. The Morgan fingerprint density at radius 1 is 1.91 bits per heavy atom. The molecule has 0 aromatic carbocycles. The number of nitrogens with zero attached hydrogens (tertiary/aromatic N) is 1. The molecule has 11 heavy (non-hydrogen) atoms. The molecule has 1 unspecified atom stereocenters. The molecule has 6 heteroatoms. The maximum Gasteiger partial charge on any atom is 0.154 e. The minimum absolute atomic E-state index is 0.149. The summed E-state index contributed by atoms with van der Waals surface area (Å²) < 4.78 is 0. The van der Waals surface area contributed by atoms with Gasteiger partial charge in [-0.1, -0.05) is 23.5 Å². The summed E-state index contributed by atoms with van der Waals surface area (Å²) in [4.78, 5) is 4.14. The van der Waals surface area contributed by atoms with Crippen molar-refractivity contribution in [1.82, 2.24) is 0 Å². The molecule has 0 saturated carbocycles. The third-order valence-corrected chi connectivity index (χ3v) is 2.98. The first-order valence-corrected chi connectivity index (χ1v) is 5.08. The SMILES string of the molecule is N=C(N)SCC1CSC(N)=N1. The van der Waals surface area contributed by atoms with E-state index in [0.29, 0.717) is 5.17 Å². The van der Waals surface area contributed by atoms with E-state index in [-0.39, 0.29) is 11.2 Å². The van der Waals surface area contributed by atoms with Crippen molar-refractivity contribution in [1.29, 1.82) is 5.41 Å². The number of rotatable bonds is 2. The van der Waals surface area contributed by atoms with Gasteiger partial charge in [-0.2, -0.15) is 0 Å². The van der Waals surface area contributed by atoms with Crippen LogP contribution in [0.3, 0.4) is 0 Å². The van der Waals surface area contributed by atoms with Crippen LogP contribution >= 0.6 is 23.5 Å². The highest BCUT2D eigenvalue weighted by atomic mass is 32.2. The molecule has 0 spiro atoms. The Balaban J connectivity index is 2.23. The minimum atomic E-state index is 0.149. The maximum absolute atomic E-state index is 6.96. The van der Waals surface area contributed by atoms with Crippen molar-refractivity contribution < 1.29 is 0 Å². The van der Waals surface area contributed by atoms with Gasteiger partial charge >= 0.3 is 0 Å². The predicted molar refractivity (Wildman–Crippen MR) is 52.2 cm³/mol. The van der Waals surface area contributed by atoms with Crippen molar-refractivity contribution in [2.45, 2.75) is 6.04 Å². The second-order valence-electron chi connectivity index (χ2n) is 2.11. The fourth-order valence-corrected chi connectivity index (χ4v) is 2.20. The largest absolute Gasteiger partial charge is 0.379 e. The zero-order chi connectivity index (χ0) is 8.27. The quantitative estimate of drug-likeness (QED) is 0.424. The first kappa shape index (κ1) is 8.73. The van der Waals surface area contributed by atoms with Crippen LogP contribution in [0.1, 0.15) is 0 Å². The average Bonchev–Trinajstić information content (AvgIpc) is 2.31. The van der Waals surface area contributed by atoms with Gasteiger partial charge in [0.2, 0.25) is 0 Å². The third kappa shape index (κ3) is 3.02. The van der Waals surface area contributed by atoms with Gasteiger partial charge in [-0.25, -0.2) is 0 Å². The first-order chi connectivity index (χ1) is 5.18. The van der Waals surface area contributed by atoms with E-state index in [4.69, 9.17) is 16.9 Å². The van der Waals surface area contributed by atoms with E-state index in [1.54, 1.807) is 11.8 Å². The molecular formula is C5H10N4S2. The van der Waals surface area contributed by atoms with E-state index in [1.807, 2.05) is 0 Å². The summed E-state index contributed by atoms with van der Waals surface area (Å²) in [6, 6.07) is 0.244. The molecule has 1 heterocycles. The Morgan fingerprint density at radius 3 is 3.09 bits per heavy atom. The molecule has 0 fully saturated rings. The molecule has 1 atom stereocenters. The summed E-state index contributed by atoms with van der Waals surface area (Å²) in [7, 11) is 0. The van der Waals surface area contributed by atoms with Crippen molar-refractivity contribution in [2.75, 3.05) is 11.5 Å². The zero-order valence-corrected chi connectivity index (χ0v) is 7.54. The number of nitrogens with one attached hydrogen (secondary N) is 1. The highest BCUT2D eigenvalue weighted by molar-refractivity contribution is 8.14. The lowest BCUT2D eigenvalue weighted by molar-refractivity contribution is 0.879. The lowest BCUT2D eigenvalue weighted by atomic mass is 10.4. The summed E-state index contributed by atoms with van der Waals surface area (Å²) in [5.41, 5.74) is 10.6. The summed E-state index contributed by atoms with van der Waals surface area (Å²) >= 11 is 2.88. The Bertz CT molecular complexity index is 191. The second kappa shape index (κ2) is 3.87. The van der Waals surface area contributed by atoms with E-state index < -0.39 is 0 Å². The summed E-state index contributed by atoms with van der Waals surface area (Å²) in [6.45, 7) is 0. The summed E-state index contributed by atoms with van der Waals surface area (Å²) in [5, 5.41) is 7.76. The van der Waals surface area contributed by atoms with Gasteiger partial charge in [0.05, 0.1) is 6.04 Å². The van der Waals surface area contributed by atoms with Gasteiger partial charge in [0.15, 0.2) is 10.3 Å².